The van der Waals surface area contributed by atoms with Gasteiger partial charge in [0.05, 0.1) is 18.3 Å². The van der Waals surface area contributed by atoms with Crippen molar-refractivity contribution in [2.24, 2.45) is 0 Å². The summed E-state index contributed by atoms with van der Waals surface area (Å²) in [7, 11) is 0. The van der Waals surface area contributed by atoms with E-state index in [2.05, 4.69) is 31.5 Å². The first-order valence-corrected chi connectivity index (χ1v) is 6.93. The van der Waals surface area contributed by atoms with E-state index < -0.39 is 0 Å². The minimum absolute atomic E-state index is 0.364. The number of aromatic amines is 1. The first-order valence-electron chi connectivity index (χ1n) is 6.93. The Morgan fingerprint density at radius 1 is 1.09 bits per heavy atom. The van der Waals surface area contributed by atoms with Crippen LogP contribution >= 0.6 is 0 Å². The average molecular weight is 291 g/mol. The lowest BCUT2D eigenvalue weighted by molar-refractivity contribution is 0.521. The van der Waals surface area contributed by atoms with E-state index in [1.54, 1.807) is 12.4 Å². The number of nitrogens with zero attached hydrogens (tertiary/aromatic N) is 3. The normalized spacial score (nSPS) is 10.9. The second-order valence-corrected chi connectivity index (χ2v) is 4.90. The Kier molecular flexibility index (Phi) is 3.05. The molecule has 4 aromatic rings. The van der Waals surface area contributed by atoms with Crippen molar-refractivity contribution in [2.75, 3.05) is 5.32 Å². The Labute approximate surface area is 126 Å². The van der Waals surface area contributed by atoms with Crippen LogP contribution < -0.4 is 5.32 Å². The van der Waals surface area contributed by atoms with Crippen molar-refractivity contribution >= 4 is 22.6 Å². The number of para-hydroxylation sites is 1. The third-order valence-corrected chi connectivity index (χ3v) is 3.40. The number of nitrogens with one attached hydrogen (secondary N) is 2. The molecule has 0 unspecified atom stereocenters. The van der Waals surface area contributed by atoms with E-state index in [1.165, 1.54) is 5.39 Å². The standard InChI is InChI=1S/C16H13N5O/c1-2-6-14-13(5-1)11(9-18-14)8-15-20-21-16(22-15)19-12-4-3-7-17-10-12/h1-7,9-10,18H,8H2,(H,19,21). The average Bonchev–Trinajstić information content (AvgIpc) is 3.17. The minimum Gasteiger partial charge on any atom is -0.408 e. The number of fused-ring (bicyclic) bond motifs is 1. The van der Waals surface area contributed by atoms with E-state index in [1.807, 2.05) is 36.5 Å². The molecular formula is C16H13N5O. The van der Waals surface area contributed by atoms with Gasteiger partial charge < -0.3 is 14.7 Å². The van der Waals surface area contributed by atoms with Crippen LogP contribution in [0.5, 0.6) is 0 Å². The molecule has 0 saturated heterocycles. The molecule has 0 fully saturated rings. The molecule has 0 saturated carbocycles. The SMILES string of the molecule is c1cncc(Nc2nnc(Cc3c[nH]c4ccccc34)o2)c1. The number of hydrogen-bond donors (Lipinski definition) is 2. The van der Waals surface area contributed by atoms with Gasteiger partial charge in [0.1, 0.15) is 0 Å². The number of anilines is 2. The largest absolute Gasteiger partial charge is 0.408 e. The minimum atomic E-state index is 0.364. The fourth-order valence-corrected chi connectivity index (χ4v) is 2.38. The summed E-state index contributed by atoms with van der Waals surface area (Å²) in [4.78, 5) is 7.27. The molecule has 2 N–H and O–H groups in total. The van der Waals surface area contributed by atoms with Gasteiger partial charge in [0.25, 0.3) is 0 Å². The molecule has 22 heavy (non-hydrogen) atoms. The van der Waals surface area contributed by atoms with Gasteiger partial charge in [-0.05, 0) is 23.8 Å². The van der Waals surface area contributed by atoms with Gasteiger partial charge in [-0.3, -0.25) is 4.98 Å². The Morgan fingerprint density at radius 3 is 2.95 bits per heavy atom. The van der Waals surface area contributed by atoms with Gasteiger partial charge in [-0.2, -0.15) is 0 Å². The highest BCUT2D eigenvalue weighted by Gasteiger charge is 2.10. The molecule has 0 radical (unpaired) electrons. The van der Waals surface area contributed by atoms with Crippen molar-refractivity contribution in [3.8, 4) is 0 Å². The van der Waals surface area contributed by atoms with Crippen LogP contribution in [0.1, 0.15) is 11.5 Å². The topological polar surface area (TPSA) is 79.6 Å². The zero-order chi connectivity index (χ0) is 14.8. The molecule has 0 aliphatic carbocycles. The number of hydrogen-bond acceptors (Lipinski definition) is 5. The second kappa shape index (κ2) is 5.33. The van der Waals surface area contributed by atoms with E-state index in [0.29, 0.717) is 18.3 Å². The molecule has 1 aromatic carbocycles. The number of benzene rings is 1. The number of rotatable bonds is 4. The van der Waals surface area contributed by atoms with Gasteiger partial charge in [0, 0.05) is 23.3 Å². The van der Waals surface area contributed by atoms with E-state index in [0.717, 1.165) is 16.8 Å². The van der Waals surface area contributed by atoms with Gasteiger partial charge in [-0.25, -0.2) is 0 Å². The van der Waals surface area contributed by atoms with Crippen molar-refractivity contribution < 1.29 is 4.42 Å². The first-order chi connectivity index (χ1) is 10.9. The van der Waals surface area contributed by atoms with Gasteiger partial charge in [-0.15, -0.1) is 5.10 Å². The molecule has 6 heteroatoms. The van der Waals surface area contributed by atoms with Crippen molar-refractivity contribution in [3.05, 3.63) is 66.4 Å². The van der Waals surface area contributed by atoms with Gasteiger partial charge in [0.15, 0.2) is 0 Å². The molecule has 3 heterocycles. The predicted molar refractivity (Wildman–Crippen MR) is 82.9 cm³/mol. The maximum atomic E-state index is 5.63. The summed E-state index contributed by atoms with van der Waals surface area (Å²) in [5, 5.41) is 12.3. The predicted octanol–water partition coefficient (Wildman–Crippen LogP) is 3.28. The molecule has 3 aromatic heterocycles. The van der Waals surface area contributed by atoms with Gasteiger partial charge in [0.2, 0.25) is 5.89 Å². The molecule has 0 amide bonds. The van der Waals surface area contributed by atoms with Crippen molar-refractivity contribution in [1.82, 2.24) is 20.2 Å². The van der Waals surface area contributed by atoms with Crippen molar-refractivity contribution in [3.63, 3.8) is 0 Å². The van der Waals surface area contributed by atoms with E-state index in [-0.39, 0.29) is 0 Å². The Hall–Kier alpha value is -3.15. The molecule has 0 atom stereocenters. The molecule has 108 valence electrons. The summed E-state index contributed by atoms with van der Waals surface area (Å²) >= 11 is 0. The molecule has 0 aliphatic heterocycles. The van der Waals surface area contributed by atoms with Crippen LogP contribution in [0, 0.1) is 0 Å². The van der Waals surface area contributed by atoms with Crippen molar-refractivity contribution in [1.29, 1.82) is 0 Å². The maximum Gasteiger partial charge on any atom is 0.320 e. The lowest BCUT2D eigenvalue weighted by atomic mass is 10.1. The first kappa shape index (κ1) is 12.6. The highest BCUT2D eigenvalue weighted by molar-refractivity contribution is 5.83. The lowest BCUT2D eigenvalue weighted by Crippen LogP contribution is -1.90. The Balaban J connectivity index is 1.54. The van der Waals surface area contributed by atoms with Crippen LogP contribution in [-0.4, -0.2) is 20.2 Å². The summed E-state index contributed by atoms with van der Waals surface area (Å²) < 4.78 is 5.63. The smallest absolute Gasteiger partial charge is 0.320 e. The third-order valence-electron chi connectivity index (χ3n) is 3.40. The van der Waals surface area contributed by atoms with Crippen LogP contribution in [0.4, 0.5) is 11.7 Å². The number of pyridine rings is 1. The molecule has 0 aliphatic rings. The fraction of sp³-hybridized carbons (Fsp3) is 0.0625. The van der Waals surface area contributed by atoms with Crippen LogP contribution in [-0.2, 0) is 6.42 Å². The molecule has 4 rings (SSSR count). The Morgan fingerprint density at radius 2 is 2.05 bits per heavy atom. The molecule has 6 nitrogen and oxygen atoms in total. The van der Waals surface area contributed by atoms with Gasteiger partial charge in [-0.1, -0.05) is 23.3 Å². The van der Waals surface area contributed by atoms with Crippen LogP contribution in [0.25, 0.3) is 10.9 Å². The molecule has 0 spiro atoms. The van der Waals surface area contributed by atoms with Crippen molar-refractivity contribution in [2.45, 2.75) is 6.42 Å². The zero-order valence-corrected chi connectivity index (χ0v) is 11.7. The van der Waals surface area contributed by atoms with E-state index in [4.69, 9.17) is 4.42 Å². The fourth-order valence-electron chi connectivity index (χ4n) is 2.38. The van der Waals surface area contributed by atoms with Gasteiger partial charge >= 0.3 is 6.01 Å². The van der Waals surface area contributed by atoms with Crippen LogP contribution in [0.2, 0.25) is 0 Å². The Bertz CT molecular complexity index is 897. The maximum absolute atomic E-state index is 5.63. The quantitative estimate of drug-likeness (QED) is 0.603. The summed E-state index contributed by atoms with van der Waals surface area (Å²) in [6.45, 7) is 0. The number of H-pyrrole nitrogens is 1. The van der Waals surface area contributed by atoms with E-state index in [9.17, 15) is 0 Å². The molecular weight excluding hydrogens is 278 g/mol. The van der Waals surface area contributed by atoms with Crippen LogP contribution in [0.3, 0.4) is 0 Å². The highest BCUT2D eigenvalue weighted by atomic mass is 16.4. The summed E-state index contributed by atoms with van der Waals surface area (Å²) in [6.07, 6.45) is 5.97. The monoisotopic (exact) mass is 291 g/mol. The summed E-state index contributed by atoms with van der Waals surface area (Å²) in [6, 6.07) is 12.2. The summed E-state index contributed by atoms with van der Waals surface area (Å²) in [5.41, 5.74) is 3.04. The molecule has 0 bridgehead atoms. The zero-order valence-electron chi connectivity index (χ0n) is 11.7. The number of aromatic nitrogens is 4. The van der Waals surface area contributed by atoms with Crippen LogP contribution in [0.15, 0.2) is 59.4 Å². The highest BCUT2D eigenvalue weighted by Crippen LogP contribution is 2.21. The van der Waals surface area contributed by atoms with E-state index >= 15 is 0 Å². The summed E-state index contributed by atoms with van der Waals surface area (Å²) in [5.74, 6) is 0.566. The lowest BCUT2D eigenvalue weighted by Gasteiger charge is -1.98. The second-order valence-electron chi connectivity index (χ2n) is 4.90. The third kappa shape index (κ3) is 2.42.